The molecule has 1 amide bonds. The van der Waals surface area contributed by atoms with Crippen LogP contribution >= 0.6 is 0 Å². The average Bonchev–Trinajstić information content (AvgIpc) is 3.41. The maximum Gasteiger partial charge on any atom is 0.416 e. The molecule has 1 saturated heterocycles. The number of carbonyl (C=O) groups is 2. The molecule has 0 unspecified atom stereocenters. The molecule has 41 heavy (non-hydrogen) atoms. The van der Waals surface area contributed by atoms with Gasteiger partial charge in [-0.15, -0.1) is 0 Å². The normalized spacial score (nSPS) is 15.4. The molecule has 9 nitrogen and oxygen atoms in total. The SMILES string of the molecule is O=C(COC(=O)c1cccc(S(=O)(=O)N2CCc3ccccc32)c1)Nc1cc(C(F)(F)F)ccc1N1CCOCC1. The fraction of sp³-hybridized carbons (Fsp3) is 0.286. The van der Waals surface area contributed by atoms with Crippen molar-refractivity contribution in [3.8, 4) is 0 Å². The highest BCUT2D eigenvalue weighted by molar-refractivity contribution is 7.92. The summed E-state index contributed by atoms with van der Waals surface area (Å²) in [7, 11) is -3.97. The van der Waals surface area contributed by atoms with E-state index in [1.54, 1.807) is 17.0 Å². The van der Waals surface area contributed by atoms with Crippen LogP contribution in [0.3, 0.4) is 0 Å². The Hall–Kier alpha value is -4.10. The molecule has 13 heteroatoms. The zero-order valence-electron chi connectivity index (χ0n) is 21.7. The van der Waals surface area contributed by atoms with Crippen molar-refractivity contribution in [2.75, 3.05) is 54.0 Å². The lowest BCUT2D eigenvalue weighted by molar-refractivity contribution is -0.137. The predicted molar refractivity (Wildman–Crippen MR) is 145 cm³/mol. The Balaban J connectivity index is 1.28. The van der Waals surface area contributed by atoms with Crippen molar-refractivity contribution in [3.63, 3.8) is 0 Å². The van der Waals surface area contributed by atoms with Crippen molar-refractivity contribution in [1.29, 1.82) is 0 Å². The van der Waals surface area contributed by atoms with Crippen molar-refractivity contribution in [2.24, 2.45) is 0 Å². The van der Waals surface area contributed by atoms with E-state index in [0.717, 1.165) is 17.7 Å². The van der Waals surface area contributed by atoms with Gasteiger partial charge >= 0.3 is 12.1 Å². The Morgan fingerprint density at radius 2 is 1.68 bits per heavy atom. The second kappa shape index (κ2) is 11.4. The summed E-state index contributed by atoms with van der Waals surface area (Å²) in [6.07, 6.45) is -4.07. The minimum absolute atomic E-state index is 0.0817. The summed E-state index contributed by atoms with van der Waals surface area (Å²) in [4.78, 5) is 27.0. The van der Waals surface area contributed by atoms with E-state index in [0.29, 0.717) is 44.1 Å². The Morgan fingerprint density at radius 1 is 0.927 bits per heavy atom. The molecule has 1 fully saturated rings. The van der Waals surface area contributed by atoms with Crippen LogP contribution in [0.2, 0.25) is 0 Å². The quantitative estimate of drug-likeness (QED) is 0.414. The van der Waals surface area contributed by atoms with Crippen LogP contribution in [0.25, 0.3) is 0 Å². The van der Waals surface area contributed by atoms with Crippen molar-refractivity contribution in [1.82, 2.24) is 0 Å². The van der Waals surface area contributed by atoms with Crippen LogP contribution in [-0.2, 0) is 36.9 Å². The number of nitrogens with one attached hydrogen (secondary N) is 1. The number of esters is 1. The van der Waals surface area contributed by atoms with E-state index in [-0.39, 0.29) is 22.7 Å². The third kappa shape index (κ3) is 6.15. The molecule has 0 saturated carbocycles. The minimum Gasteiger partial charge on any atom is -0.452 e. The minimum atomic E-state index is -4.63. The molecule has 3 aromatic rings. The fourth-order valence-electron chi connectivity index (χ4n) is 4.76. The molecule has 2 aliphatic heterocycles. The number of nitrogens with zero attached hydrogens (tertiary/aromatic N) is 2. The van der Waals surface area contributed by atoms with Crippen LogP contribution in [-0.4, -0.2) is 59.7 Å². The number of halogens is 3. The third-order valence-corrected chi connectivity index (χ3v) is 8.60. The first-order valence-corrected chi connectivity index (χ1v) is 14.2. The fourth-order valence-corrected chi connectivity index (χ4v) is 6.31. The lowest BCUT2D eigenvalue weighted by Gasteiger charge is -2.31. The lowest BCUT2D eigenvalue weighted by atomic mass is 10.1. The van der Waals surface area contributed by atoms with Gasteiger partial charge in [-0.3, -0.25) is 9.10 Å². The second-order valence-electron chi connectivity index (χ2n) is 9.44. The molecule has 2 aliphatic rings. The van der Waals surface area contributed by atoms with Gasteiger partial charge in [0, 0.05) is 19.6 Å². The highest BCUT2D eigenvalue weighted by atomic mass is 32.2. The number of hydrogen-bond donors (Lipinski definition) is 1. The Morgan fingerprint density at radius 3 is 2.44 bits per heavy atom. The summed E-state index contributed by atoms with van der Waals surface area (Å²) in [6.45, 7) is 1.07. The summed E-state index contributed by atoms with van der Waals surface area (Å²) in [5.41, 5.74) is 0.724. The number of anilines is 3. The van der Waals surface area contributed by atoms with E-state index >= 15 is 0 Å². The molecule has 0 radical (unpaired) electrons. The first-order chi connectivity index (χ1) is 19.5. The van der Waals surface area contributed by atoms with Crippen molar-refractivity contribution < 1.29 is 40.7 Å². The van der Waals surface area contributed by atoms with Crippen LogP contribution in [0.5, 0.6) is 0 Å². The van der Waals surface area contributed by atoms with Gasteiger partial charge in [-0.2, -0.15) is 13.2 Å². The van der Waals surface area contributed by atoms with Crippen LogP contribution in [0.15, 0.2) is 71.6 Å². The Bertz CT molecular complexity index is 1570. The highest BCUT2D eigenvalue weighted by Crippen LogP contribution is 2.36. The molecule has 0 aromatic heterocycles. The van der Waals surface area contributed by atoms with Gasteiger partial charge < -0.3 is 19.7 Å². The van der Waals surface area contributed by atoms with Crippen molar-refractivity contribution in [3.05, 3.63) is 83.4 Å². The van der Waals surface area contributed by atoms with Gasteiger partial charge in [-0.25, -0.2) is 13.2 Å². The molecule has 5 rings (SSSR count). The maximum atomic E-state index is 13.3. The number of morpholine rings is 1. The number of carbonyl (C=O) groups excluding carboxylic acids is 2. The van der Waals surface area contributed by atoms with Crippen molar-refractivity contribution >= 4 is 39.0 Å². The van der Waals surface area contributed by atoms with Gasteiger partial charge in [-0.1, -0.05) is 24.3 Å². The topological polar surface area (TPSA) is 105 Å². The van der Waals surface area contributed by atoms with Crippen LogP contribution in [0.1, 0.15) is 21.5 Å². The predicted octanol–water partition coefficient (Wildman–Crippen LogP) is 4.09. The molecular weight excluding hydrogens is 563 g/mol. The van der Waals surface area contributed by atoms with Gasteiger partial charge in [-0.05, 0) is 54.4 Å². The standard InChI is InChI=1S/C28H26F3N3O6S/c29-28(30,31)21-8-9-25(33-12-14-39-15-13-33)23(17-21)32-26(35)18-40-27(36)20-5-3-6-22(16-20)41(37,38)34-11-10-19-4-1-2-7-24(19)34/h1-9,16-17H,10-15,18H2,(H,32,35). The van der Waals surface area contributed by atoms with E-state index in [1.165, 1.54) is 34.6 Å². The third-order valence-electron chi connectivity index (χ3n) is 6.79. The molecule has 216 valence electrons. The number of fused-ring (bicyclic) bond motifs is 1. The number of alkyl halides is 3. The summed E-state index contributed by atoms with van der Waals surface area (Å²) in [5, 5.41) is 2.41. The molecule has 0 atom stereocenters. The van der Waals surface area contributed by atoms with Gasteiger partial charge in [0.25, 0.3) is 15.9 Å². The largest absolute Gasteiger partial charge is 0.452 e. The van der Waals surface area contributed by atoms with E-state index in [4.69, 9.17) is 9.47 Å². The highest BCUT2D eigenvalue weighted by Gasteiger charge is 2.33. The van der Waals surface area contributed by atoms with E-state index in [9.17, 15) is 31.2 Å². The number of amides is 1. The van der Waals surface area contributed by atoms with E-state index in [1.807, 2.05) is 12.1 Å². The summed E-state index contributed by atoms with van der Waals surface area (Å²) < 4.78 is 78.3. The number of benzene rings is 3. The zero-order chi connectivity index (χ0) is 29.2. The van der Waals surface area contributed by atoms with Gasteiger partial charge in [0.15, 0.2) is 6.61 Å². The summed E-state index contributed by atoms with van der Waals surface area (Å²) >= 11 is 0. The molecule has 0 bridgehead atoms. The first kappa shape index (κ1) is 28.4. The van der Waals surface area contributed by atoms with E-state index < -0.39 is 40.2 Å². The van der Waals surface area contributed by atoms with Crippen LogP contribution in [0.4, 0.5) is 30.2 Å². The van der Waals surface area contributed by atoms with Gasteiger partial charge in [0.2, 0.25) is 0 Å². The molecule has 1 N–H and O–H groups in total. The molecular formula is C28H26F3N3O6S. The Labute approximate surface area is 234 Å². The number of sulfonamides is 1. The average molecular weight is 590 g/mol. The maximum absolute atomic E-state index is 13.3. The van der Waals surface area contributed by atoms with Crippen LogP contribution < -0.4 is 14.5 Å². The molecule has 0 spiro atoms. The molecule has 0 aliphatic carbocycles. The summed E-state index contributed by atoms with van der Waals surface area (Å²) in [6, 6.07) is 15.5. The monoisotopic (exact) mass is 589 g/mol. The smallest absolute Gasteiger partial charge is 0.416 e. The number of para-hydroxylation sites is 1. The lowest BCUT2D eigenvalue weighted by Crippen LogP contribution is -2.37. The first-order valence-electron chi connectivity index (χ1n) is 12.8. The van der Waals surface area contributed by atoms with Crippen molar-refractivity contribution in [2.45, 2.75) is 17.5 Å². The number of hydrogen-bond acceptors (Lipinski definition) is 7. The van der Waals surface area contributed by atoms with Gasteiger partial charge in [0.1, 0.15) is 0 Å². The molecule has 3 aromatic carbocycles. The summed E-state index contributed by atoms with van der Waals surface area (Å²) in [5.74, 6) is -1.82. The number of rotatable bonds is 7. The molecule has 2 heterocycles. The zero-order valence-corrected chi connectivity index (χ0v) is 22.5. The second-order valence-corrected chi connectivity index (χ2v) is 11.3. The Kier molecular flexibility index (Phi) is 7.91. The number of ether oxygens (including phenoxy) is 2. The van der Waals surface area contributed by atoms with E-state index in [2.05, 4.69) is 5.32 Å². The van der Waals surface area contributed by atoms with Crippen LogP contribution in [0, 0.1) is 0 Å². The van der Waals surface area contributed by atoms with Gasteiger partial charge in [0.05, 0.1) is 46.3 Å².